The lowest BCUT2D eigenvalue weighted by molar-refractivity contribution is 0.0269. The number of piperidine rings is 1. The van der Waals surface area contributed by atoms with Crippen LogP contribution < -0.4 is 5.32 Å². The van der Waals surface area contributed by atoms with E-state index in [9.17, 15) is 4.79 Å². The SMILES string of the molecule is CC(C)(C)OC(=O)N1CC2C(C1)C2NCc1ncc[nH]1. The molecule has 2 N–H and O–H groups in total. The standard InChI is InChI=1S/C14H22N4O2/c1-14(2,3)20-13(19)18-7-9-10(8-18)12(9)17-6-11-15-4-5-16-11/h4-5,9-10,12,17H,6-8H2,1-3H3,(H,15,16). The maximum atomic E-state index is 11.9. The highest BCUT2D eigenvalue weighted by atomic mass is 16.6. The molecule has 110 valence electrons. The van der Waals surface area contributed by atoms with Gasteiger partial charge in [0.05, 0.1) is 6.54 Å². The molecule has 0 radical (unpaired) electrons. The third-order valence-corrected chi connectivity index (χ3v) is 3.91. The number of carbonyl (C=O) groups is 1. The molecule has 6 heteroatoms. The molecule has 1 aliphatic heterocycles. The van der Waals surface area contributed by atoms with Crippen LogP contribution in [0.4, 0.5) is 4.79 Å². The highest BCUT2D eigenvalue weighted by Crippen LogP contribution is 2.45. The summed E-state index contributed by atoms with van der Waals surface area (Å²) < 4.78 is 5.40. The smallest absolute Gasteiger partial charge is 0.410 e. The molecule has 1 saturated heterocycles. The molecule has 2 aliphatic rings. The number of ether oxygens (including phenoxy) is 1. The van der Waals surface area contributed by atoms with Crippen LogP contribution in [0.1, 0.15) is 26.6 Å². The molecule has 1 saturated carbocycles. The number of nitrogens with one attached hydrogen (secondary N) is 2. The Hall–Kier alpha value is -1.56. The Kier molecular flexibility index (Phi) is 3.20. The topological polar surface area (TPSA) is 70.2 Å². The van der Waals surface area contributed by atoms with Crippen LogP contribution >= 0.6 is 0 Å². The first-order valence-electron chi connectivity index (χ1n) is 7.13. The quantitative estimate of drug-likeness (QED) is 0.876. The molecule has 2 fully saturated rings. The Bertz CT molecular complexity index is 468. The molecule has 2 unspecified atom stereocenters. The molecule has 1 aromatic heterocycles. The summed E-state index contributed by atoms with van der Waals surface area (Å²) in [6.07, 6.45) is 3.40. The van der Waals surface area contributed by atoms with Crippen molar-refractivity contribution in [1.29, 1.82) is 0 Å². The molecule has 1 amide bonds. The number of likely N-dealkylation sites (tertiary alicyclic amines) is 1. The van der Waals surface area contributed by atoms with Crippen LogP contribution in [0.5, 0.6) is 0 Å². The highest BCUT2D eigenvalue weighted by Gasteiger charge is 2.56. The van der Waals surface area contributed by atoms with E-state index in [0.29, 0.717) is 17.9 Å². The van der Waals surface area contributed by atoms with Crippen molar-refractivity contribution in [2.45, 2.75) is 39.0 Å². The van der Waals surface area contributed by atoms with Crippen LogP contribution in [0.25, 0.3) is 0 Å². The highest BCUT2D eigenvalue weighted by molar-refractivity contribution is 5.69. The van der Waals surface area contributed by atoms with Gasteiger partial charge < -0.3 is 19.9 Å². The van der Waals surface area contributed by atoms with Crippen molar-refractivity contribution in [1.82, 2.24) is 20.2 Å². The molecule has 0 spiro atoms. The molecule has 3 rings (SSSR count). The van der Waals surface area contributed by atoms with Gasteiger partial charge in [-0.3, -0.25) is 0 Å². The van der Waals surface area contributed by atoms with E-state index in [4.69, 9.17) is 4.74 Å². The van der Waals surface area contributed by atoms with Gasteiger partial charge in [-0.2, -0.15) is 0 Å². The fourth-order valence-corrected chi connectivity index (χ4v) is 2.91. The van der Waals surface area contributed by atoms with Crippen molar-refractivity contribution >= 4 is 6.09 Å². The van der Waals surface area contributed by atoms with Crippen molar-refractivity contribution < 1.29 is 9.53 Å². The van der Waals surface area contributed by atoms with E-state index in [-0.39, 0.29) is 6.09 Å². The summed E-state index contributed by atoms with van der Waals surface area (Å²) in [5.74, 6) is 2.09. The van der Waals surface area contributed by atoms with Crippen LogP contribution in [0.3, 0.4) is 0 Å². The van der Waals surface area contributed by atoms with E-state index in [1.54, 1.807) is 6.20 Å². The Morgan fingerprint density at radius 3 is 2.75 bits per heavy atom. The Balaban J connectivity index is 1.43. The summed E-state index contributed by atoms with van der Waals surface area (Å²) in [5.41, 5.74) is -0.416. The first kappa shape index (κ1) is 13.4. The monoisotopic (exact) mass is 278 g/mol. The number of rotatable bonds is 3. The summed E-state index contributed by atoms with van der Waals surface area (Å²) in [5, 5.41) is 3.50. The number of H-pyrrole nitrogens is 1. The third kappa shape index (κ3) is 2.80. The van der Waals surface area contributed by atoms with Gasteiger partial charge in [-0.25, -0.2) is 9.78 Å². The zero-order valence-corrected chi connectivity index (χ0v) is 12.2. The fourth-order valence-electron chi connectivity index (χ4n) is 2.91. The minimum atomic E-state index is -0.416. The van der Waals surface area contributed by atoms with Crippen LogP contribution in [0.2, 0.25) is 0 Å². The van der Waals surface area contributed by atoms with Gasteiger partial charge in [-0.05, 0) is 32.6 Å². The van der Waals surface area contributed by atoms with Crippen LogP contribution in [-0.4, -0.2) is 45.7 Å². The molecule has 1 aromatic rings. The molecule has 6 nitrogen and oxygen atoms in total. The summed E-state index contributed by atoms with van der Waals surface area (Å²) >= 11 is 0. The van der Waals surface area contributed by atoms with Gasteiger partial charge in [-0.1, -0.05) is 0 Å². The maximum absolute atomic E-state index is 11.9. The minimum Gasteiger partial charge on any atom is -0.444 e. The number of hydrogen-bond donors (Lipinski definition) is 2. The van der Waals surface area contributed by atoms with E-state index < -0.39 is 5.60 Å². The molecular formula is C14H22N4O2. The van der Waals surface area contributed by atoms with Crippen molar-refractivity contribution in [2.24, 2.45) is 11.8 Å². The normalized spacial score (nSPS) is 28.4. The largest absolute Gasteiger partial charge is 0.444 e. The number of imidazole rings is 1. The van der Waals surface area contributed by atoms with Gasteiger partial charge in [0, 0.05) is 31.5 Å². The van der Waals surface area contributed by atoms with Crippen LogP contribution in [-0.2, 0) is 11.3 Å². The summed E-state index contributed by atoms with van der Waals surface area (Å²) in [4.78, 5) is 21.0. The number of amides is 1. The number of aromatic amines is 1. The Morgan fingerprint density at radius 1 is 1.50 bits per heavy atom. The van der Waals surface area contributed by atoms with E-state index in [2.05, 4.69) is 15.3 Å². The molecule has 2 heterocycles. The molecule has 20 heavy (non-hydrogen) atoms. The predicted octanol–water partition coefficient (Wildman–Crippen LogP) is 1.36. The molecular weight excluding hydrogens is 256 g/mol. The third-order valence-electron chi connectivity index (χ3n) is 3.91. The first-order chi connectivity index (χ1) is 9.44. The Morgan fingerprint density at radius 2 is 2.20 bits per heavy atom. The first-order valence-corrected chi connectivity index (χ1v) is 7.13. The summed E-state index contributed by atoms with van der Waals surface area (Å²) in [7, 11) is 0. The average molecular weight is 278 g/mol. The summed E-state index contributed by atoms with van der Waals surface area (Å²) in [6, 6.07) is 0.513. The Labute approximate surface area is 118 Å². The molecule has 2 atom stereocenters. The van der Waals surface area contributed by atoms with E-state index in [1.165, 1.54) is 0 Å². The van der Waals surface area contributed by atoms with Gasteiger partial charge in [0.25, 0.3) is 0 Å². The minimum absolute atomic E-state index is 0.186. The lowest BCUT2D eigenvalue weighted by Crippen LogP contribution is -2.39. The second-order valence-corrected chi connectivity index (χ2v) is 6.66. The number of fused-ring (bicyclic) bond motifs is 1. The molecule has 1 aliphatic carbocycles. The molecule has 0 bridgehead atoms. The second kappa shape index (κ2) is 4.77. The average Bonchev–Trinajstić information content (AvgIpc) is 2.78. The number of hydrogen-bond acceptors (Lipinski definition) is 4. The number of carbonyl (C=O) groups excluding carboxylic acids is 1. The van der Waals surface area contributed by atoms with Gasteiger partial charge in [0.15, 0.2) is 0 Å². The predicted molar refractivity (Wildman–Crippen MR) is 74.0 cm³/mol. The van der Waals surface area contributed by atoms with Gasteiger partial charge in [0.1, 0.15) is 11.4 Å². The van der Waals surface area contributed by atoms with Crippen molar-refractivity contribution in [3.8, 4) is 0 Å². The van der Waals surface area contributed by atoms with E-state index in [0.717, 1.165) is 25.5 Å². The number of aromatic nitrogens is 2. The number of nitrogens with zero attached hydrogens (tertiary/aromatic N) is 2. The summed E-state index contributed by atoms with van der Waals surface area (Å²) in [6.45, 7) is 8.06. The second-order valence-electron chi connectivity index (χ2n) is 6.66. The zero-order valence-electron chi connectivity index (χ0n) is 12.2. The lowest BCUT2D eigenvalue weighted by atomic mass is 10.2. The van der Waals surface area contributed by atoms with Gasteiger partial charge in [0.2, 0.25) is 0 Å². The lowest BCUT2D eigenvalue weighted by Gasteiger charge is -2.26. The zero-order chi connectivity index (χ0) is 14.3. The maximum Gasteiger partial charge on any atom is 0.410 e. The van der Waals surface area contributed by atoms with Gasteiger partial charge in [-0.15, -0.1) is 0 Å². The fraction of sp³-hybridized carbons (Fsp3) is 0.714. The van der Waals surface area contributed by atoms with Crippen molar-refractivity contribution in [3.63, 3.8) is 0 Å². The van der Waals surface area contributed by atoms with E-state index in [1.807, 2.05) is 31.9 Å². The van der Waals surface area contributed by atoms with Crippen LogP contribution in [0.15, 0.2) is 12.4 Å². The van der Waals surface area contributed by atoms with Crippen molar-refractivity contribution in [2.75, 3.05) is 13.1 Å². The van der Waals surface area contributed by atoms with E-state index >= 15 is 0 Å². The van der Waals surface area contributed by atoms with Crippen LogP contribution in [0, 0.1) is 11.8 Å². The van der Waals surface area contributed by atoms with Crippen molar-refractivity contribution in [3.05, 3.63) is 18.2 Å². The molecule has 0 aromatic carbocycles. The van der Waals surface area contributed by atoms with Gasteiger partial charge >= 0.3 is 6.09 Å².